The molecule has 0 saturated carbocycles. The number of aryl methyl sites for hydroxylation is 1. The summed E-state index contributed by atoms with van der Waals surface area (Å²) in [7, 11) is 0. The zero-order chi connectivity index (χ0) is 12.3. The Kier molecular flexibility index (Phi) is 3.60. The maximum atomic E-state index is 10.5. The lowest BCUT2D eigenvalue weighted by molar-refractivity contribution is 0.249. The number of rotatable bonds is 5. The quantitative estimate of drug-likeness (QED) is 0.677. The first-order chi connectivity index (χ1) is 8.18. The van der Waals surface area contributed by atoms with Gasteiger partial charge < -0.3 is 16.4 Å². The van der Waals surface area contributed by atoms with E-state index in [2.05, 4.69) is 20.0 Å². The van der Waals surface area contributed by atoms with Gasteiger partial charge in [-0.1, -0.05) is 0 Å². The van der Waals surface area contributed by atoms with Crippen molar-refractivity contribution < 1.29 is 4.79 Å². The number of aromatic nitrogens is 2. The second-order valence-corrected chi connectivity index (χ2v) is 4.54. The monoisotopic (exact) mass is 253 g/mol. The highest BCUT2D eigenvalue weighted by atomic mass is 32.1. The zero-order valence-corrected chi connectivity index (χ0v) is 10.4. The Morgan fingerprint density at radius 1 is 1.59 bits per heavy atom. The first kappa shape index (κ1) is 11.9. The minimum Gasteiger partial charge on any atom is -0.352 e. The summed E-state index contributed by atoms with van der Waals surface area (Å²) in [4.78, 5) is 15.9. The molecule has 0 spiro atoms. The van der Waals surface area contributed by atoms with Crippen LogP contribution in [-0.2, 0) is 6.54 Å². The van der Waals surface area contributed by atoms with E-state index in [0.717, 1.165) is 22.9 Å². The Hall–Kier alpha value is -1.60. The molecule has 2 amide bonds. The number of imidazole rings is 1. The number of hydrogen-bond acceptors (Lipinski definition) is 4. The number of carbonyl (C=O) groups excluding carboxylic acids is 1. The maximum Gasteiger partial charge on any atom is 0.312 e. The minimum atomic E-state index is -0.493. The van der Waals surface area contributed by atoms with Crippen LogP contribution in [-0.4, -0.2) is 28.5 Å². The van der Waals surface area contributed by atoms with Crippen LogP contribution in [0, 0.1) is 6.92 Å². The Balaban J connectivity index is 1.88. The molecule has 17 heavy (non-hydrogen) atoms. The lowest BCUT2D eigenvalue weighted by Gasteiger charge is -2.05. The zero-order valence-electron chi connectivity index (χ0n) is 9.56. The van der Waals surface area contributed by atoms with Crippen LogP contribution in [0.25, 0.3) is 4.96 Å². The van der Waals surface area contributed by atoms with Crippen LogP contribution in [0.2, 0.25) is 0 Å². The van der Waals surface area contributed by atoms with Gasteiger partial charge in [0.1, 0.15) is 0 Å². The largest absolute Gasteiger partial charge is 0.352 e. The molecule has 0 aliphatic heterocycles. The molecule has 0 atom stereocenters. The fraction of sp³-hybridized carbons (Fsp3) is 0.400. The summed E-state index contributed by atoms with van der Waals surface area (Å²) >= 11 is 1.62. The lowest BCUT2D eigenvalue weighted by atomic mass is 10.3. The van der Waals surface area contributed by atoms with Crippen molar-refractivity contribution in [2.24, 2.45) is 5.73 Å². The van der Waals surface area contributed by atoms with Gasteiger partial charge in [0.25, 0.3) is 0 Å². The van der Waals surface area contributed by atoms with Crippen LogP contribution < -0.4 is 16.4 Å². The fourth-order valence-corrected chi connectivity index (χ4v) is 2.41. The highest BCUT2D eigenvalue weighted by molar-refractivity contribution is 7.15. The van der Waals surface area contributed by atoms with E-state index in [-0.39, 0.29) is 0 Å². The summed E-state index contributed by atoms with van der Waals surface area (Å²) in [5, 5.41) is 7.78. The van der Waals surface area contributed by atoms with E-state index < -0.39 is 6.03 Å². The molecule has 0 fully saturated rings. The van der Waals surface area contributed by atoms with Crippen molar-refractivity contribution in [1.29, 1.82) is 0 Å². The summed E-state index contributed by atoms with van der Waals surface area (Å²) in [6.07, 6.45) is 2.01. The third kappa shape index (κ3) is 2.75. The number of nitrogens with two attached hydrogens (primary N) is 1. The van der Waals surface area contributed by atoms with Gasteiger partial charge in [-0.15, -0.1) is 11.3 Å². The van der Waals surface area contributed by atoms with E-state index in [1.54, 1.807) is 11.3 Å². The molecule has 0 bridgehead atoms. The van der Waals surface area contributed by atoms with Crippen molar-refractivity contribution in [3.8, 4) is 0 Å². The summed E-state index contributed by atoms with van der Waals surface area (Å²) in [6.45, 7) is 3.93. The molecule has 0 aliphatic carbocycles. The second kappa shape index (κ2) is 5.15. The van der Waals surface area contributed by atoms with Crippen LogP contribution in [0.4, 0.5) is 4.79 Å². The summed E-state index contributed by atoms with van der Waals surface area (Å²) < 4.78 is 2.08. The van der Waals surface area contributed by atoms with Gasteiger partial charge in [0.2, 0.25) is 0 Å². The molecule has 2 rings (SSSR count). The molecular formula is C10H15N5OS. The topological polar surface area (TPSA) is 84.4 Å². The summed E-state index contributed by atoms with van der Waals surface area (Å²) in [5.41, 5.74) is 7.15. The van der Waals surface area contributed by atoms with Crippen molar-refractivity contribution in [3.05, 3.63) is 23.0 Å². The van der Waals surface area contributed by atoms with Crippen molar-refractivity contribution in [1.82, 2.24) is 20.0 Å². The van der Waals surface area contributed by atoms with Gasteiger partial charge in [0.05, 0.1) is 11.4 Å². The van der Waals surface area contributed by atoms with Gasteiger partial charge in [-0.05, 0) is 6.92 Å². The van der Waals surface area contributed by atoms with E-state index >= 15 is 0 Å². The van der Waals surface area contributed by atoms with Crippen LogP contribution in [0.15, 0.2) is 11.6 Å². The standard InChI is InChI=1S/C10H15N5OS/c1-7-8(6-12-2-3-13-9(11)16)15-4-5-17-10(15)14-7/h4-5,12H,2-3,6H2,1H3,(H3,11,13,16). The van der Waals surface area contributed by atoms with Crippen molar-refractivity contribution in [2.75, 3.05) is 13.1 Å². The van der Waals surface area contributed by atoms with Gasteiger partial charge in [0, 0.05) is 31.2 Å². The average Bonchev–Trinajstić information content (AvgIpc) is 2.80. The number of amides is 2. The molecule has 0 unspecified atom stereocenters. The van der Waals surface area contributed by atoms with Crippen molar-refractivity contribution in [3.63, 3.8) is 0 Å². The molecule has 6 nitrogen and oxygen atoms in total. The first-order valence-corrected chi connectivity index (χ1v) is 6.21. The SMILES string of the molecule is Cc1nc2sccn2c1CNCCNC(N)=O. The number of fused-ring (bicyclic) bond motifs is 1. The highest BCUT2D eigenvalue weighted by Crippen LogP contribution is 2.16. The van der Waals surface area contributed by atoms with E-state index in [1.165, 1.54) is 0 Å². The van der Waals surface area contributed by atoms with E-state index in [0.29, 0.717) is 13.1 Å². The molecular weight excluding hydrogens is 238 g/mol. The highest BCUT2D eigenvalue weighted by Gasteiger charge is 2.08. The molecule has 0 saturated heterocycles. The van der Waals surface area contributed by atoms with Crippen molar-refractivity contribution >= 4 is 22.3 Å². The van der Waals surface area contributed by atoms with E-state index in [9.17, 15) is 4.79 Å². The lowest BCUT2D eigenvalue weighted by Crippen LogP contribution is -2.35. The smallest absolute Gasteiger partial charge is 0.312 e. The van der Waals surface area contributed by atoms with Crippen LogP contribution in [0.3, 0.4) is 0 Å². The van der Waals surface area contributed by atoms with Crippen LogP contribution in [0.5, 0.6) is 0 Å². The van der Waals surface area contributed by atoms with E-state index in [1.807, 2.05) is 18.5 Å². The number of primary amides is 1. The molecule has 0 aliphatic rings. The molecule has 92 valence electrons. The Morgan fingerprint density at radius 3 is 3.18 bits per heavy atom. The van der Waals surface area contributed by atoms with Gasteiger partial charge in [-0.25, -0.2) is 9.78 Å². The number of hydrogen-bond donors (Lipinski definition) is 3. The predicted molar refractivity (Wildman–Crippen MR) is 67.1 cm³/mol. The molecule has 0 aromatic carbocycles. The molecule has 2 aromatic heterocycles. The number of urea groups is 1. The maximum absolute atomic E-state index is 10.5. The summed E-state index contributed by atoms with van der Waals surface area (Å²) in [5.74, 6) is 0. The van der Waals surface area contributed by atoms with E-state index in [4.69, 9.17) is 5.73 Å². The minimum absolute atomic E-state index is 0.493. The van der Waals surface area contributed by atoms with Gasteiger partial charge in [-0.2, -0.15) is 0 Å². The normalized spacial score (nSPS) is 10.9. The summed E-state index contributed by atoms with van der Waals surface area (Å²) in [6, 6.07) is -0.493. The number of nitrogens with one attached hydrogen (secondary N) is 2. The Morgan fingerprint density at radius 2 is 2.41 bits per heavy atom. The van der Waals surface area contributed by atoms with Crippen LogP contribution in [0.1, 0.15) is 11.4 Å². The molecule has 2 aromatic rings. The predicted octanol–water partition coefficient (Wildman–Crippen LogP) is 0.462. The van der Waals surface area contributed by atoms with Gasteiger partial charge >= 0.3 is 6.03 Å². The Bertz CT molecular complexity index is 518. The fourth-order valence-electron chi connectivity index (χ4n) is 1.63. The second-order valence-electron chi connectivity index (χ2n) is 3.67. The number of carbonyl (C=O) groups is 1. The third-order valence-electron chi connectivity index (χ3n) is 2.45. The molecule has 7 heteroatoms. The Labute approximate surface area is 103 Å². The van der Waals surface area contributed by atoms with Crippen molar-refractivity contribution in [2.45, 2.75) is 13.5 Å². The third-order valence-corrected chi connectivity index (χ3v) is 3.21. The van der Waals surface area contributed by atoms with Crippen LogP contribution >= 0.6 is 11.3 Å². The first-order valence-electron chi connectivity index (χ1n) is 5.33. The van der Waals surface area contributed by atoms with Gasteiger partial charge in [0.15, 0.2) is 4.96 Å². The molecule has 4 N–H and O–H groups in total. The molecule has 0 radical (unpaired) electrons. The molecule has 2 heterocycles. The average molecular weight is 253 g/mol. The van der Waals surface area contributed by atoms with Gasteiger partial charge in [-0.3, -0.25) is 4.40 Å². The number of nitrogens with zero attached hydrogens (tertiary/aromatic N) is 2. The number of thiazole rings is 1.